The molecular weight excluding hydrogens is 292 g/mol. The number of hydrogen-bond donors (Lipinski definition) is 0. The topological polar surface area (TPSA) is 23.6 Å². The van der Waals surface area contributed by atoms with Crippen LogP contribution in [0.15, 0.2) is 35.7 Å². The Hall–Kier alpha value is -1.65. The van der Waals surface area contributed by atoms with E-state index in [1.807, 2.05) is 23.3 Å². The Morgan fingerprint density at radius 1 is 1.09 bits per heavy atom. The van der Waals surface area contributed by atoms with Gasteiger partial charge < -0.3 is 4.90 Å². The zero-order valence-corrected chi connectivity index (χ0v) is 14.0. The number of thiophene rings is 1. The second kappa shape index (κ2) is 6.63. The normalized spacial score (nSPS) is 16.0. The first-order chi connectivity index (χ1) is 10.6. The molecule has 1 aliphatic heterocycles. The molecule has 0 aliphatic carbocycles. The molecule has 1 aliphatic rings. The van der Waals surface area contributed by atoms with E-state index in [1.165, 1.54) is 10.4 Å². The lowest BCUT2D eigenvalue weighted by molar-refractivity contribution is 0.0628. The molecule has 1 aromatic heterocycles. The summed E-state index contributed by atoms with van der Waals surface area (Å²) in [5, 5.41) is 2.00. The zero-order chi connectivity index (χ0) is 15.5. The highest BCUT2D eigenvalue weighted by molar-refractivity contribution is 7.10. The second-order valence-electron chi connectivity index (χ2n) is 5.88. The summed E-state index contributed by atoms with van der Waals surface area (Å²) in [6.45, 7) is 8.63. The molecule has 1 amide bonds. The van der Waals surface area contributed by atoms with Gasteiger partial charge in [0.15, 0.2) is 0 Å². The highest BCUT2D eigenvalue weighted by atomic mass is 32.1. The van der Waals surface area contributed by atoms with Crippen molar-refractivity contribution in [3.63, 3.8) is 0 Å². The van der Waals surface area contributed by atoms with E-state index in [9.17, 15) is 4.79 Å². The summed E-state index contributed by atoms with van der Waals surface area (Å²) in [5.74, 6) is 0.196. The average molecular weight is 314 g/mol. The van der Waals surface area contributed by atoms with Crippen LogP contribution in [-0.4, -0.2) is 41.9 Å². The minimum Gasteiger partial charge on any atom is -0.336 e. The molecule has 0 atom stereocenters. The van der Waals surface area contributed by atoms with E-state index in [-0.39, 0.29) is 5.91 Å². The summed E-state index contributed by atoms with van der Waals surface area (Å²) in [6.07, 6.45) is 0. The van der Waals surface area contributed by atoms with Crippen LogP contribution in [0.5, 0.6) is 0 Å². The monoisotopic (exact) mass is 314 g/mol. The molecular formula is C18H22N2OS. The molecule has 4 heteroatoms. The fourth-order valence-electron chi connectivity index (χ4n) is 2.85. The van der Waals surface area contributed by atoms with Gasteiger partial charge in [0.25, 0.3) is 5.91 Å². The van der Waals surface area contributed by atoms with E-state index >= 15 is 0 Å². The van der Waals surface area contributed by atoms with Crippen molar-refractivity contribution in [2.24, 2.45) is 0 Å². The maximum atomic E-state index is 12.6. The molecule has 0 bridgehead atoms. The minimum absolute atomic E-state index is 0.196. The molecule has 3 rings (SSSR count). The molecule has 1 saturated heterocycles. The van der Waals surface area contributed by atoms with Crippen molar-refractivity contribution in [3.8, 4) is 0 Å². The number of benzene rings is 1. The molecule has 22 heavy (non-hydrogen) atoms. The van der Waals surface area contributed by atoms with Gasteiger partial charge in [0.05, 0.1) is 5.56 Å². The summed E-state index contributed by atoms with van der Waals surface area (Å²) in [4.78, 5) is 18.3. The Bertz CT molecular complexity index is 642. The van der Waals surface area contributed by atoms with Crippen LogP contribution in [0.2, 0.25) is 0 Å². The summed E-state index contributed by atoms with van der Waals surface area (Å²) in [7, 11) is 0. The number of nitrogens with zero attached hydrogens (tertiary/aromatic N) is 2. The van der Waals surface area contributed by atoms with Crippen LogP contribution in [0, 0.1) is 13.8 Å². The lowest BCUT2D eigenvalue weighted by Crippen LogP contribution is -2.48. The number of rotatable bonds is 3. The highest BCUT2D eigenvalue weighted by Gasteiger charge is 2.24. The standard InChI is InChI=1S/C18H22N2OS/c1-14-15(2)22-13-17(14)18(21)20-10-8-19(9-11-20)12-16-6-4-3-5-7-16/h3-7,13H,8-12H2,1-2H3. The van der Waals surface area contributed by atoms with Gasteiger partial charge in [-0.3, -0.25) is 9.69 Å². The van der Waals surface area contributed by atoms with Crippen molar-refractivity contribution in [1.29, 1.82) is 0 Å². The molecule has 3 nitrogen and oxygen atoms in total. The van der Waals surface area contributed by atoms with Crippen molar-refractivity contribution < 1.29 is 4.79 Å². The van der Waals surface area contributed by atoms with Gasteiger partial charge in [-0.1, -0.05) is 30.3 Å². The Morgan fingerprint density at radius 3 is 2.36 bits per heavy atom. The van der Waals surface area contributed by atoms with Crippen LogP contribution < -0.4 is 0 Å². The first-order valence-electron chi connectivity index (χ1n) is 7.75. The molecule has 0 spiro atoms. The average Bonchev–Trinajstić information content (AvgIpc) is 2.88. The van der Waals surface area contributed by atoms with E-state index in [4.69, 9.17) is 0 Å². The third kappa shape index (κ3) is 3.23. The highest BCUT2D eigenvalue weighted by Crippen LogP contribution is 2.22. The molecule has 116 valence electrons. The van der Waals surface area contributed by atoms with Gasteiger partial charge in [-0.15, -0.1) is 11.3 Å². The predicted molar refractivity (Wildman–Crippen MR) is 91.4 cm³/mol. The summed E-state index contributed by atoms with van der Waals surface area (Å²) in [5.41, 5.74) is 3.37. The number of aryl methyl sites for hydroxylation is 1. The fourth-order valence-corrected chi connectivity index (χ4v) is 3.70. The van der Waals surface area contributed by atoms with Crippen molar-refractivity contribution in [3.05, 3.63) is 57.3 Å². The molecule has 1 aromatic carbocycles. The van der Waals surface area contributed by atoms with Gasteiger partial charge in [0, 0.05) is 43.0 Å². The summed E-state index contributed by atoms with van der Waals surface area (Å²) >= 11 is 1.67. The number of piperazine rings is 1. The van der Waals surface area contributed by atoms with Crippen LogP contribution in [0.25, 0.3) is 0 Å². The SMILES string of the molecule is Cc1scc(C(=O)N2CCN(Cc3ccccc3)CC2)c1C. The van der Waals surface area contributed by atoms with Crippen molar-refractivity contribution in [1.82, 2.24) is 9.80 Å². The lowest BCUT2D eigenvalue weighted by Gasteiger charge is -2.34. The third-order valence-electron chi connectivity index (χ3n) is 4.42. The Balaban J connectivity index is 1.57. The van der Waals surface area contributed by atoms with Crippen molar-refractivity contribution in [2.75, 3.05) is 26.2 Å². The number of amides is 1. The molecule has 0 unspecified atom stereocenters. The summed E-state index contributed by atoms with van der Waals surface area (Å²) in [6, 6.07) is 10.5. The molecule has 0 saturated carbocycles. The van der Waals surface area contributed by atoms with E-state index in [0.29, 0.717) is 0 Å². The van der Waals surface area contributed by atoms with Crippen LogP contribution in [0.3, 0.4) is 0 Å². The molecule has 0 radical (unpaired) electrons. The van der Waals surface area contributed by atoms with Gasteiger partial charge in [-0.2, -0.15) is 0 Å². The Labute approximate surface area is 136 Å². The maximum Gasteiger partial charge on any atom is 0.255 e. The summed E-state index contributed by atoms with van der Waals surface area (Å²) < 4.78 is 0. The zero-order valence-electron chi connectivity index (χ0n) is 13.2. The molecule has 2 heterocycles. The van der Waals surface area contributed by atoms with E-state index in [0.717, 1.165) is 43.9 Å². The van der Waals surface area contributed by atoms with Crippen LogP contribution in [0.4, 0.5) is 0 Å². The number of hydrogen-bond acceptors (Lipinski definition) is 3. The van der Waals surface area contributed by atoms with Gasteiger partial charge in [-0.05, 0) is 25.0 Å². The first kappa shape index (κ1) is 15.3. The first-order valence-corrected chi connectivity index (χ1v) is 8.63. The molecule has 0 N–H and O–H groups in total. The van der Waals surface area contributed by atoms with Crippen LogP contribution in [0.1, 0.15) is 26.4 Å². The lowest BCUT2D eigenvalue weighted by atomic mass is 10.1. The Morgan fingerprint density at radius 2 is 1.77 bits per heavy atom. The Kier molecular flexibility index (Phi) is 4.60. The van der Waals surface area contributed by atoms with Crippen LogP contribution in [-0.2, 0) is 6.54 Å². The largest absolute Gasteiger partial charge is 0.336 e. The second-order valence-corrected chi connectivity index (χ2v) is 6.97. The predicted octanol–water partition coefficient (Wildman–Crippen LogP) is 3.32. The van der Waals surface area contributed by atoms with Crippen molar-refractivity contribution >= 4 is 17.2 Å². The van der Waals surface area contributed by atoms with Crippen molar-refractivity contribution in [2.45, 2.75) is 20.4 Å². The van der Waals surface area contributed by atoms with E-state index in [1.54, 1.807) is 11.3 Å². The van der Waals surface area contributed by atoms with E-state index in [2.05, 4.69) is 36.1 Å². The van der Waals surface area contributed by atoms with E-state index < -0.39 is 0 Å². The van der Waals surface area contributed by atoms with Gasteiger partial charge in [0.2, 0.25) is 0 Å². The van der Waals surface area contributed by atoms with Crippen LogP contribution >= 0.6 is 11.3 Å². The quantitative estimate of drug-likeness (QED) is 0.867. The minimum atomic E-state index is 0.196. The smallest absolute Gasteiger partial charge is 0.255 e. The third-order valence-corrected chi connectivity index (χ3v) is 5.44. The fraction of sp³-hybridized carbons (Fsp3) is 0.389. The number of carbonyl (C=O) groups excluding carboxylic acids is 1. The van der Waals surface area contributed by atoms with Gasteiger partial charge >= 0.3 is 0 Å². The molecule has 1 fully saturated rings. The maximum absolute atomic E-state index is 12.6. The van der Waals surface area contributed by atoms with Gasteiger partial charge in [-0.25, -0.2) is 0 Å². The number of carbonyl (C=O) groups is 1. The molecule has 2 aromatic rings. The van der Waals surface area contributed by atoms with Gasteiger partial charge in [0.1, 0.15) is 0 Å².